The molecular weight excluding hydrogens is 277 g/mol. The van der Waals surface area contributed by atoms with Gasteiger partial charge in [-0.15, -0.1) is 0 Å². The lowest BCUT2D eigenvalue weighted by atomic mass is 9.93. The number of hydrogen-bond donors (Lipinski definition) is 1. The summed E-state index contributed by atoms with van der Waals surface area (Å²) in [6.07, 6.45) is 2.89. The van der Waals surface area contributed by atoms with Crippen LogP contribution in [0.15, 0.2) is 66.2 Å². The van der Waals surface area contributed by atoms with Gasteiger partial charge in [-0.3, -0.25) is 4.90 Å². The van der Waals surface area contributed by atoms with Crippen LogP contribution in [0.3, 0.4) is 0 Å². The van der Waals surface area contributed by atoms with Crippen molar-refractivity contribution in [2.75, 3.05) is 13.2 Å². The third-order valence-corrected chi connectivity index (χ3v) is 4.20. The Kier molecular flexibility index (Phi) is 4.66. The zero-order valence-electron chi connectivity index (χ0n) is 12.5. The van der Waals surface area contributed by atoms with E-state index < -0.39 is 0 Å². The minimum absolute atomic E-state index is 0.0941. The lowest BCUT2D eigenvalue weighted by Gasteiger charge is -2.35. The first-order valence-electron chi connectivity index (χ1n) is 7.58. The molecule has 0 aromatic heterocycles. The first-order chi connectivity index (χ1) is 10.8. The van der Waals surface area contributed by atoms with Crippen molar-refractivity contribution in [3.63, 3.8) is 0 Å². The van der Waals surface area contributed by atoms with Gasteiger partial charge in [0, 0.05) is 19.1 Å². The molecule has 2 aromatic carbocycles. The van der Waals surface area contributed by atoms with Gasteiger partial charge in [0.05, 0.1) is 6.61 Å². The Labute approximate surface area is 130 Å². The normalized spacial score (nSPS) is 19.0. The molecule has 0 saturated heterocycles. The van der Waals surface area contributed by atoms with Crippen molar-refractivity contribution >= 4 is 0 Å². The Hall–Kier alpha value is -1.97. The molecule has 0 fully saturated rings. The lowest BCUT2D eigenvalue weighted by molar-refractivity contribution is 0.187. The van der Waals surface area contributed by atoms with Crippen LogP contribution in [0.2, 0.25) is 0 Å². The molecule has 1 atom stereocenters. The van der Waals surface area contributed by atoms with E-state index in [0.29, 0.717) is 0 Å². The van der Waals surface area contributed by atoms with Gasteiger partial charge in [0.2, 0.25) is 0 Å². The Morgan fingerprint density at radius 2 is 1.77 bits per heavy atom. The van der Waals surface area contributed by atoms with Crippen LogP contribution < -0.4 is 0 Å². The average molecular weight is 297 g/mol. The van der Waals surface area contributed by atoms with Gasteiger partial charge in [-0.25, -0.2) is 4.39 Å². The quantitative estimate of drug-likeness (QED) is 0.870. The maximum absolute atomic E-state index is 13.2. The molecule has 0 amide bonds. The molecule has 1 heterocycles. The molecule has 1 aliphatic heterocycles. The van der Waals surface area contributed by atoms with Gasteiger partial charge in [0.25, 0.3) is 0 Å². The summed E-state index contributed by atoms with van der Waals surface area (Å²) in [7, 11) is 0. The molecule has 0 spiro atoms. The van der Waals surface area contributed by atoms with Crippen molar-refractivity contribution in [3.05, 3.63) is 83.2 Å². The topological polar surface area (TPSA) is 23.5 Å². The summed E-state index contributed by atoms with van der Waals surface area (Å²) in [4.78, 5) is 2.36. The highest BCUT2D eigenvalue weighted by atomic mass is 19.1. The number of aliphatic hydroxyl groups is 1. The number of benzene rings is 2. The predicted octanol–water partition coefficient (Wildman–Crippen LogP) is 3.69. The van der Waals surface area contributed by atoms with Crippen molar-refractivity contribution in [1.82, 2.24) is 4.90 Å². The molecule has 1 aliphatic rings. The molecule has 3 heteroatoms. The fourth-order valence-electron chi connectivity index (χ4n) is 2.97. The fourth-order valence-corrected chi connectivity index (χ4v) is 2.97. The van der Waals surface area contributed by atoms with Gasteiger partial charge < -0.3 is 5.11 Å². The SMILES string of the molecule is OCC1=CCN(Cc2ccccc2)C(c2ccc(F)cc2)C1. The molecule has 0 bridgehead atoms. The number of halogens is 1. The van der Waals surface area contributed by atoms with Crippen LogP contribution >= 0.6 is 0 Å². The molecule has 3 rings (SSSR count). The van der Waals surface area contributed by atoms with E-state index >= 15 is 0 Å². The second kappa shape index (κ2) is 6.86. The third-order valence-electron chi connectivity index (χ3n) is 4.20. The van der Waals surface area contributed by atoms with Crippen molar-refractivity contribution in [2.45, 2.75) is 19.0 Å². The minimum Gasteiger partial charge on any atom is -0.392 e. The van der Waals surface area contributed by atoms with Crippen molar-refractivity contribution in [2.24, 2.45) is 0 Å². The van der Waals surface area contributed by atoms with Gasteiger partial charge in [0.15, 0.2) is 0 Å². The number of aliphatic hydroxyl groups excluding tert-OH is 1. The first-order valence-corrected chi connectivity index (χ1v) is 7.58. The summed E-state index contributed by atoms with van der Waals surface area (Å²) < 4.78 is 13.2. The summed E-state index contributed by atoms with van der Waals surface area (Å²) >= 11 is 0. The van der Waals surface area contributed by atoms with E-state index in [2.05, 4.69) is 23.1 Å². The lowest BCUT2D eigenvalue weighted by Crippen LogP contribution is -2.32. The Bertz CT molecular complexity index is 636. The standard InChI is InChI=1S/C19H20FNO/c20-18-8-6-17(7-9-18)19-12-16(14-22)10-11-21(19)13-15-4-2-1-3-5-15/h1-10,19,22H,11-14H2. The second-order valence-corrected chi connectivity index (χ2v) is 5.71. The molecule has 22 heavy (non-hydrogen) atoms. The maximum Gasteiger partial charge on any atom is 0.123 e. The molecule has 2 nitrogen and oxygen atoms in total. The van der Waals surface area contributed by atoms with Crippen LogP contribution in [-0.4, -0.2) is 23.2 Å². The summed E-state index contributed by atoms with van der Waals surface area (Å²) in [5.74, 6) is -0.216. The molecular formula is C19H20FNO. The first kappa shape index (κ1) is 14.9. The van der Waals surface area contributed by atoms with Gasteiger partial charge >= 0.3 is 0 Å². The Morgan fingerprint density at radius 1 is 1.05 bits per heavy atom. The Balaban J connectivity index is 1.85. The van der Waals surface area contributed by atoms with Gasteiger partial charge in [-0.1, -0.05) is 48.5 Å². The van der Waals surface area contributed by atoms with Crippen LogP contribution in [0.5, 0.6) is 0 Å². The molecule has 114 valence electrons. The second-order valence-electron chi connectivity index (χ2n) is 5.71. The summed E-state index contributed by atoms with van der Waals surface area (Å²) in [6, 6.07) is 17.2. The van der Waals surface area contributed by atoms with E-state index in [0.717, 1.165) is 30.6 Å². The van der Waals surface area contributed by atoms with E-state index in [9.17, 15) is 9.50 Å². The average Bonchev–Trinajstić information content (AvgIpc) is 2.57. The van der Waals surface area contributed by atoms with Crippen LogP contribution in [0.4, 0.5) is 4.39 Å². The number of nitrogens with zero attached hydrogens (tertiary/aromatic N) is 1. The number of hydrogen-bond acceptors (Lipinski definition) is 2. The molecule has 0 radical (unpaired) electrons. The highest BCUT2D eigenvalue weighted by molar-refractivity contribution is 5.25. The fraction of sp³-hybridized carbons (Fsp3) is 0.263. The zero-order chi connectivity index (χ0) is 15.4. The van der Waals surface area contributed by atoms with E-state index in [1.54, 1.807) is 0 Å². The summed E-state index contributed by atoms with van der Waals surface area (Å²) in [6.45, 7) is 1.74. The van der Waals surface area contributed by atoms with Crippen LogP contribution in [-0.2, 0) is 6.54 Å². The van der Waals surface area contributed by atoms with Crippen LogP contribution in [0.25, 0.3) is 0 Å². The minimum atomic E-state index is -0.216. The molecule has 1 unspecified atom stereocenters. The monoisotopic (exact) mass is 297 g/mol. The highest BCUT2D eigenvalue weighted by Gasteiger charge is 2.24. The van der Waals surface area contributed by atoms with Gasteiger partial charge in [-0.2, -0.15) is 0 Å². The predicted molar refractivity (Wildman–Crippen MR) is 85.8 cm³/mol. The largest absolute Gasteiger partial charge is 0.392 e. The van der Waals surface area contributed by atoms with E-state index in [1.807, 2.05) is 30.3 Å². The van der Waals surface area contributed by atoms with E-state index in [1.165, 1.54) is 17.7 Å². The van der Waals surface area contributed by atoms with E-state index in [-0.39, 0.29) is 18.5 Å². The summed E-state index contributed by atoms with van der Waals surface area (Å²) in [5, 5.41) is 9.43. The van der Waals surface area contributed by atoms with Gasteiger partial charge in [0.1, 0.15) is 5.82 Å². The molecule has 0 saturated carbocycles. The van der Waals surface area contributed by atoms with Crippen molar-refractivity contribution in [1.29, 1.82) is 0 Å². The van der Waals surface area contributed by atoms with Crippen LogP contribution in [0.1, 0.15) is 23.6 Å². The zero-order valence-corrected chi connectivity index (χ0v) is 12.5. The van der Waals surface area contributed by atoms with E-state index in [4.69, 9.17) is 0 Å². The van der Waals surface area contributed by atoms with Gasteiger partial charge in [-0.05, 0) is 35.3 Å². The summed E-state index contributed by atoms with van der Waals surface area (Å²) in [5.41, 5.74) is 3.41. The smallest absolute Gasteiger partial charge is 0.123 e. The highest BCUT2D eigenvalue weighted by Crippen LogP contribution is 2.32. The molecule has 1 N–H and O–H groups in total. The Morgan fingerprint density at radius 3 is 2.45 bits per heavy atom. The van der Waals surface area contributed by atoms with Crippen molar-refractivity contribution < 1.29 is 9.50 Å². The molecule has 0 aliphatic carbocycles. The third kappa shape index (κ3) is 3.43. The number of rotatable bonds is 4. The molecule has 2 aromatic rings. The maximum atomic E-state index is 13.2. The van der Waals surface area contributed by atoms with Crippen LogP contribution in [0, 0.1) is 5.82 Å². The van der Waals surface area contributed by atoms with Crippen molar-refractivity contribution in [3.8, 4) is 0 Å².